The van der Waals surface area contributed by atoms with E-state index in [0.717, 1.165) is 0 Å². The number of carbonyl (C=O) groups is 1. The average molecular weight is 262 g/mol. The van der Waals surface area contributed by atoms with Gasteiger partial charge in [0.15, 0.2) is 5.82 Å². The Morgan fingerprint density at radius 2 is 2.18 bits per heavy atom. The molecular formula is C8H14N4O4S. The summed E-state index contributed by atoms with van der Waals surface area (Å²) in [4.78, 5) is 10.3. The molecule has 0 radical (unpaired) electrons. The summed E-state index contributed by atoms with van der Waals surface area (Å²) in [5, 5.41) is 15.3. The van der Waals surface area contributed by atoms with Crippen LogP contribution in [0.4, 0.5) is 5.82 Å². The van der Waals surface area contributed by atoms with E-state index < -0.39 is 15.8 Å². The van der Waals surface area contributed by atoms with Crippen molar-refractivity contribution in [3.05, 3.63) is 0 Å². The number of hydrogen-bond acceptors (Lipinski definition) is 6. The number of nitrogens with zero attached hydrogens (tertiary/aromatic N) is 3. The van der Waals surface area contributed by atoms with E-state index in [9.17, 15) is 13.2 Å². The topological polar surface area (TPSA) is 128 Å². The van der Waals surface area contributed by atoms with E-state index in [1.165, 1.54) is 11.6 Å². The Bertz CT molecular complexity index is 508. The molecule has 0 aliphatic heterocycles. The van der Waals surface area contributed by atoms with Crippen molar-refractivity contribution < 1.29 is 18.3 Å². The number of rotatable bonds is 6. The summed E-state index contributed by atoms with van der Waals surface area (Å²) in [5.74, 6) is -1.08. The molecule has 17 heavy (non-hydrogen) atoms. The van der Waals surface area contributed by atoms with E-state index >= 15 is 0 Å². The predicted octanol–water partition coefficient (Wildman–Crippen LogP) is -0.481. The molecule has 1 aromatic rings. The highest BCUT2D eigenvalue weighted by Crippen LogP contribution is 2.16. The lowest BCUT2D eigenvalue weighted by Gasteiger charge is -2.01. The first-order valence-electron chi connectivity index (χ1n) is 5.02. The standard InChI is InChI=1S/C8H14N4O4S/c1-2-17(15,16)8-7(9)12(11-10-8)5-3-4-6(13)14/h2-5,9H2,1H3,(H,13,14). The van der Waals surface area contributed by atoms with Gasteiger partial charge in [-0.25, -0.2) is 13.1 Å². The van der Waals surface area contributed by atoms with Gasteiger partial charge >= 0.3 is 5.97 Å². The van der Waals surface area contributed by atoms with Crippen LogP contribution in [0.2, 0.25) is 0 Å². The molecule has 0 aliphatic rings. The zero-order valence-electron chi connectivity index (χ0n) is 9.33. The summed E-state index contributed by atoms with van der Waals surface area (Å²) in [7, 11) is -3.49. The van der Waals surface area contributed by atoms with Crippen molar-refractivity contribution in [1.82, 2.24) is 15.0 Å². The van der Waals surface area contributed by atoms with Crippen molar-refractivity contribution in [3.63, 3.8) is 0 Å². The molecule has 1 rings (SSSR count). The zero-order valence-corrected chi connectivity index (χ0v) is 10.1. The molecule has 0 bridgehead atoms. The van der Waals surface area contributed by atoms with Gasteiger partial charge in [0.05, 0.1) is 5.75 Å². The van der Waals surface area contributed by atoms with Gasteiger partial charge in [0.25, 0.3) is 0 Å². The average Bonchev–Trinajstić information content (AvgIpc) is 2.61. The van der Waals surface area contributed by atoms with Crippen LogP contribution in [0.15, 0.2) is 5.03 Å². The summed E-state index contributed by atoms with van der Waals surface area (Å²) < 4.78 is 24.3. The first-order valence-corrected chi connectivity index (χ1v) is 6.67. The maximum atomic E-state index is 11.5. The number of aromatic nitrogens is 3. The van der Waals surface area contributed by atoms with E-state index in [0.29, 0.717) is 6.42 Å². The molecule has 0 unspecified atom stereocenters. The molecule has 0 saturated heterocycles. The van der Waals surface area contributed by atoms with Crippen molar-refractivity contribution in [2.75, 3.05) is 11.5 Å². The fraction of sp³-hybridized carbons (Fsp3) is 0.625. The van der Waals surface area contributed by atoms with Crippen LogP contribution in [0.1, 0.15) is 19.8 Å². The Labute approximate surface area is 98.3 Å². The summed E-state index contributed by atoms with van der Waals surface area (Å²) in [6.45, 7) is 1.71. The maximum Gasteiger partial charge on any atom is 0.303 e. The molecule has 9 heteroatoms. The van der Waals surface area contributed by atoms with E-state index in [4.69, 9.17) is 10.8 Å². The van der Waals surface area contributed by atoms with Gasteiger partial charge in [-0.3, -0.25) is 4.79 Å². The van der Waals surface area contributed by atoms with Gasteiger partial charge in [0.2, 0.25) is 14.9 Å². The van der Waals surface area contributed by atoms with Crippen molar-refractivity contribution >= 4 is 21.6 Å². The molecule has 3 N–H and O–H groups in total. The van der Waals surface area contributed by atoms with Crippen LogP contribution in [0, 0.1) is 0 Å². The lowest BCUT2D eigenvalue weighted by molar-refractivity contribution is -0.137. The third kappa shape index (κ3) is 3.16. The van der Waals surface area contributed by atoms with Gasteiger partial charge < -0.3 is 10.8 Å². The highest BCUT2D eigenvalue weighted by molar-refractivity contribution is 7.91. The summed E-state index contributed by atoms with van der Waals surface area (Å²) in [6.07, 6.45) is 0.281. The fourth-order valence-corrected chi connectivity index (χ4v) is 2.07. The van der Waals surface area contributed by atoms with Crippen molar-refractivity contribution in [2.45, 2.75) is 31.3 Å². The molecule has 1 heterocycles. The normalized spacial score (nSPS) is 11.6. The summed E-state index contributed by atoms with van der Waals surface area (Å²) in [5.41, 5.74) is 5.59. The second-order valence-electron chi connectivity index (χ2n) is 3.40. The maximum absolute atomic E-state index is 11.5. The van der Waals surface area contributed by atoms with Crippen LogP contribution in [0.5, 0.6) is 0 Å². The number of hydrogen-bond donors (Lipinski definition) is 2. The minimum atomic E-state index is -3.49. The van der Waals surface area contributed by atoms with E-state index in [1.54, 1.807) is 0 Å². The lowest BCUT2D eigenvalue weighted by atomic mass is 10.3. The van der Waals surface area contributed by atoms with Gasteiger partial charge in [0, 0.05) is 13.0 Å². The molecule has 0 amide bonds. The predicted molar refractivity (Wildman–Crippen MR) is 59.0 cm³/mol. The number of anilines is 1. The minimum absolute atomic E-state index is 0.0326. The second kappa shape index (κ2) is 5.13. The quantitative estimate of drug-likeness (QED) is 0.708. The van der Waals surface area contributed by atoms with Gasteiger partial charge in [-0.05, 0) is 6.42 Å². The molecule has 0 fully saturated rings. The zero-order chi connectivity index (χ0) is 13.1. The lowest BCUT2D eigenvalue weighted by Crippen LogP contribution is -2.10. The molecule has 1 aromatic heterocycles. The Kier molecular flexibility index (Phi) is 4.05. The highest BCUT2D eigenvalue weighted by Gasteiger charge is 2.21. The minimum Gasteiger partial charge on any atom is -0.481 e. The van der Waals surface area contributed by atoms with Crippen LogP contribution in [0.25, 0.3) is 0 Å². The molecule has 0 saturated carbocycles. The van der Waals surface area contributed by atoms with Crippen molar-refractivity contribution in [2.24, 2.45) is 0 Å². The molecule has 0 atom stereocenters. The van der Waals surface area contributed by atoms with Gasteiger partial charge in [-0.2, -0.15) is 0 Å². The smallest absolute Gasteiger partial charge is 0.303 e. The van der Waals surface area contributed by atoms with Crippen molar-refractivity contribution in [3.8, 4) is 0 Å². The van der Waals surface area contributed by atoms with Crippen LogP contribution in [0.3, 0.4) is 0 Å². The second-order valence-corrected chi connectivity index (χ2v) is 5.60. The third-order valence-corrected chi connectivity index (χ3v) is 3.82. The number of aryl methyl sites for hydroxylation is 1. The van der Waals surface area contributed by atoms with Crippen molar-refractivity contribution in [1.29, 1.82) is 0 Å². The largest absolute Gasteiger partial charge is 0.481 e. The number of nitrogen functional groups attached to an aromatic ring is 1. The van der Waals surface area contributed by atoms with Crippen LogP contribution < -0.4 is 5.73 Å². The molecule has 0 spiro atoms. The first-order chi connectivity index (χ1) is 7.88. The van der Waals surface area contributed by atoms with E-state index in [2.05, 4.69) is 10.3 Å². The number of nitrogens with two attached hydrogens (primary N) is 1. The molecule has 96 valence electrons. The van der Waals surface area contributed by atoms with Gasteiger partial charge in [-0.1, -0.05) is 12.1 Å². The SMILES string of the molecule is CCS(=O)(=O)c1nnn(CCCC(=O)O)c1N. The summed E-state index contributed by atoms with van der Waals surface area (Å²) in [6, 6.07) is 0. The molecular weight excluding hydrogens is 248 g/mol. The first kappa shape index (κ1) is 13.4. The Morgan fingerprint density at radius 3 is 2.71 bits per heavy atom. The van der Waals surface area contributed by atoms with E-state index in [-0.39, 0.29) is 29.6 Å². The molecule has 8 nitrogen and oxygen atoms in total. The van der Waals surface area contributed by atoms with Gasteiger partial charge in [-0.15, -0.1) is 5.10 Å². The van der Waals surface area contributed by atoms with Gasteiger partial charge in [0.1, 0.15) is 0 Å². The Hall–Kier alpha value is -1.64. The van der Waals surface area contributed by atoms with Crippen LogP contribution in [-0.2, 0) is 21.2 Å². The Balaban J connectivity index is 2.81. The Morgan fingerprint density at radius 1 is 1.53 bits per heavy atom. The number of carboxylic acids is 1. The van der Waals surface area contributed by atoms with Crippen LogP contribution in [-0.4, -0.2) is 40.2 Å². The van der Waals surface area contributed by atoms with Crippen LogP contribution >= 0.6 is 0 Å². The number of aliphatic carboxylic acids is 1. The molecule has 0 aromatic carbocycles. The number of sulfone groups is 1. The number of carboxylic acid groups (broad SMARTS) is 1. The summed E-state index contributed by atoms with van der Waals surface area (Å²) >= 11 is 0. The monoisotopic (exact) mass is 262 g/mol. The fourth-order valence-electron chi connectivity index (χ4n) is 1.21. The molecule has 0 aliphatic carbocycles. The highest BCUT2D eigenvalue weighted by atomic mass is 32.2. The van der Waals surface area contributed by atoms with E-state index in [1.807, 2.05) is 0 Å². The third-order valence-electron chi connectivity index (χ3n) is 2.18.